The van der Waals surface area contributed by atoms with Crippen LogP contribution in [-0.4, -0.2) is 4.98 Å². The Balaban J connectivity index is 1.47. The Morgan fingerprint density at radius 1 is 1.06 bits per heavy atom. The first-order chi connectivity index (χ1) is 15.6. The Hall–Kier alpha value is -3.73. The fourth-order valence-corrected chi connectivity index (χ4v) is 4.30. The molecule has 0 fully saturated rings. The van der Waals surface area contributed by atoms with Gasteiger partial charge in [0.1, 0.15) is 28.2 Å². The number of aromatic nitrogens is 1. The van der Waals surface area contributed by atoms with Gasteiger partial charge in [-0.3, -0.25) is 0 Å². The molecule has 0 saturated carbocycles. The summed E-state index contributed by atoms with van der Waals surface area (Å²) in [5.74, 6) is 1.25. The van der Waals surface area contributed by atoms with Gasteiger partial charge >= 0.3 is 5.63 Å². The smallest absolute Gasteiger partial charge is 0.345 e. The predicted octanol–water partition coefficient (Wildman–Crippen LogP) is 7.00. The summed E-state index contributed by atoms with van der Waals surface area (Å²) in [6.45, 7) is 0. The van der Waals surface area contributed by atoms with E-state index in [2.05, 4.69) is 27.0 Å². The lowest BCUT2D eigenvalue weighted by molar-refractivity contribution is 0.563. The maximum Gasteiger partial charge on any atom is 0.345 e. The second-order valence-corrected chi connectivity index (χ2v) is 8.68. The van der Waals surface area contributed by atoms with Crippen LogP contribution >= 0.6 is 27.3 Å². The van der Waals surface area contributed by atoms with Gasteiger partial charge in [0, 0.05) is 26.9 Å². The van der Waals surface area contributed by atoms with Crippen LogP contribution in [0.1, 0.15) is 10.8 Å². The summed E-state index contributed by atoms with van der Waals surface area (Å²) in [4.78, 5) is 16.9. The molecule has 0 unspecified atom stereocenters. The Morgan fingerprint density at radius 2 is 1.88 bits per heavy atom. The van der Waals surface area contributed by atoms with Gasteiger partial charge < -0.3 is 8.83 Å². The van der Waals surface area contributed by atoms with Gasteiger partial charge in [-0.05, 0) is 36.4 Å². The molecule has 154 valence electrons. The van der Waals surface area contributed by atoms with Crippen molar-refractivity contribution < 1.29 is 8.83 Å². The first-order valence-corrected chi connectivity index (χ1v) is 11.2. The number of benzene rings is 2. The quantitative estimate of drug-likeness (QED) is 0.196. The lowest BCUT2D eigenvalue weighted by Gasteiger charge is -1.99. The number of nitrogens with zero attached hydrogens (tertiary/aromatic N) is 2. The average molecular weight is 501 g/mol. The number of hydrogen-bond donors (Lipinski definition) is 0. The van der Waals surface area contributed by atoms with Crippen molar-refractivity contribution in [1.29, 1.82) is 5.26 Å². The van der Waals surface area contributed by atoms with E-state index in [-0.39, 0.29) is 0 Å². The Labute approximate surface area is 195 Å². The molecule has 0 N–H and O–H groups in total. The highest BCUT2D eigenvalue weighted by atomic mass is 79.9. The third-order valence-electron chi connectivity index (χ3n) is 4.81. The molecule has 3 aromatic heterocycles. The molecule has 0 bridgehead atoms. The van der Waals surface area contributed by atoms with Gasteiger partial charge in [-0.15, -0.1) is 11.3 Å². The molecule has 0 saturated heterocycles. The molecule has 0 atom stereocenters. The molecular weight excluding hydrogens is 488 g/mol. The molecule has 0 aliphatic heterocycles. The number of halogens is 1. The van der Waals surface area contributed by atoms with E-state index in [0.29, 0.717) is 38.9 Å². The van der Waals surface area contributed by atoms with Gasteiger partial charge in [0.2, 0.25) is 0 Å². The molecule has 0 aliphatic carbocycles. The van der Waals surface area contributed by atoms with Crippen LogP contribution in [0.3, 0.4) is 0 Å². The fraction of sp³-hybridized carbons (Fsp3) is 0. The summed E-state index contributed by atoms with van der Waals surface area (Å²) < 4.78 is 12.3. The molecule has 0 amide bonds. The SMILES string of the molecule is N#C/C(=C\c1ccc(-c2ccc(Br)cc2)o1)c1nc(-c2cc3ccccc3oc2=O)cs1. The number of thiazole rings is 1. The molecular formula is C25H13BrN2O3S. The number of allylic oxidation sites excluding steroid dienone is 1. The summed E-state index contributed by atoms with van der Waals surface area (Å²) in [6, 6.07) is 22.7. The van der Waals surface area contributed by atoms with Crippen molar-refractivity contribution in [3.8, 4) is 28.7 Å². The van der Waals surface area contributed by atoms with E-state index < -0.39 is 5.63 Å². The third kappa shape index (κ3) is 3.94. The first kappa shape index (κ1) is 20.2. The van der Waals surface area contributed by atoms with E-state index in [9.17, 15) is 10.1 Å². The maximum absolute atomic E-state index is 12.4. The highest BCUT2D eigenvalue weighted by molar-refractivity contribution is 9.10. The van der Waals surface area contributed by atoms with Gasteiger partial charge in [-0.25, -0.2) is 9.78 Å². The van der Waals surface area contributed by atoms with Crippen molar-refractivity contribution >= 4 is 49.9 Å². The minimum atomic E-state index is -0.465. The van der Waals surface area contributed by atoms with Gasteiger partial charge in [-0.1, -0.05) is 46.3 Å². The zero-order valence-corrected chi connectivity index (χ0v) is 18.8. The molecule has 3 heterocycles. The van der Waals surface area contributed by atoms with Gasteiger partial charge in [-0.2, -0.15) is 5.26 Å². The van der Waals surface area contributed by atoms with Crippen molar-refractivity contribution in [1.82, 2.24) is 4.98 Å². The fourth-order valence-electron chi connectivity index (χ4n) is 3.25. The zero-order valence-electron chi connectivity index (χ0n) is 16.4. The summed E-state index contributed by atoms with van der Waals surface area (Å²) in [6.07, 6.45) is 1.65. The summed E-state index contributed by atoms with van der Waals surface area (Å²) >= 11 is 4.70. The van der Waals surface area contributed by atoms with E-state index in [0.717, 1.165) is 15.4 Å². The number of rotatable bonds is 4. The molecule has 2 aromatic carbocycles. The molecule has 0 spiro atoms. The molecule has 7 heteroatoms. The van der Waals surface area contributed by atoms with E-state index in [4.69, 9.17) is 8.83 Å². The van der Waals surface area contributed by atoms with Crippen LogP contribution in [0.15, 0.2) is 90.2 Å². The molecule has 5 nitrogen and oxygen atoms in total. The van der Waals surface area contributed by atoms with Crippen LogP contribution in [0.5, 0.6) is 0 Å². The van der Waals surface area contributed by atoms with Crippen molar-refractivity contribution in [2.45, 2.75) is 0 Å². The van der Waals surface area contributed by atoms with Crippen LogP contribution in [0.2, 0.25) is 0 Å². The van der Waals surface area contributed by atoms with Crippen LogP contribution < -0.4 is 5.63 Å². The van der Waals surface area contributed by atoms with Crippen molar-refractivity contribution in [3.63, 3.8) is 0 Å². The maximum atomic E-state index is 12.4. The molecule has 5 aromatic rings. The first-order valence-electron chi connectivity index (χ1n) is 9.57. The minimum Gasteiger partial charge on any atom is -0.457 e. The second kappa shape index (κ2) is 8.42. The number of hydrogen-bond acceptors (Lipinski definition) is 6. The molecule has 0 radical (unpaired) electrons. The lowest BCUT2D eigenvalue weighted by Crippen LogP contribution is -2.02. The largest absolute Gasteiger partial charge is 0.457 e. The number of para-hydroxylation sites is 1. The Kier molecular flexibility index (Phi) is 5.31. The van der Waals surface area contributed by atoms with Gasteiger partial charge in [0.25, 0.3) is 0 Å². The topological polar surface area (TPSA) is 80.0 Å². The third-order valence-corrected chi connectivity index (χ3v) is 6.22. The average Bonchev–Trinajstić information content (AvgIpc) is 3.47. The van der Waals surface area contributed by atoms with Crippen LogP contribution in [-0.2, 0) is 0 Å². The lowest BCUT2D eigenvalue weighted by atomic mass is 10.1. The van der Waals surface area contributed by atoms with Gasteiger partial charge in [0.15, 0.2) is 0 Å². The predicted molar refractivity (Wildman–Crippen MR) is 129 cm³/mol. The second-order valence-electron chi connectivity index (χ2n) is 6.90. The molecule has 0 aliphatic rings. The van der Waals surface area contributed by atoms with Crippen LogP contribution in [0, 0.1) is 11.3 Å². The van der Waals surface area contributed by atoms with E-state index in [1.807, 2.05) is 48.5 Å². The minimum absolute atomic E-state index is 0.350. The number of nitriles is 1. The summed E-state index contributed by atoms with van der Waals surface area (Å²) in [7, 11) is 0. The van der Waals surface area contributed by atoms with E-state index in [1.54, 1.807) is 29.7 Å². The standard InChI is InChI=1S/C25H13BrN2O3S/c26-18-7-5-15(6-8-18)23-10-9-19(30-23)11-17(13-27)24-28-21(14-32-24)20-12-16-3-1-2-4-22(16)31-25(20)29/h1-12,14H/b17-11+. The van der Waals surface area contributed by atoms with Crippen molar-refractivity contribution in [2.24, 2.45) is 0 Å². The highest BCUT2D eigenvalue weighted by Crippen LogP contribution is 2.29. The summed E-state index contributed by atoms with van der Waals surface area (Å²) in [5.41, 5.74) is 2.18. The zero-order chi connectivity index (χ0) is 22.1. The van der Waals surface area contributed by atoms with Gasteiger partial charge in [0.05, 0.1) is 16.8 Å². The number of furan rings is 1. The number of fused-ring (bicyclic) bond motifs is 1. The van der Waals surface area contributed by atoms with Crippen molar-refractivity contribution in [3.05, 3.63) is 97.8 Å². The summed E-state index contributed by atoms with van der Waals surface area (Å²) in [5, 5.41) is 12.7. The Bertz CT molecular complexity index is 1570. The molecule has 5 rings (SSSR count). The van der Waals surface area contributed by atoms with Crippen LogP contribution in [0.4, 0.5) is 0 Å². The van der Waals surface area contributed by atoms with Crippen LogP contribution in [0.25, 0.3) is 45.2 Å². The molecule has 32 heavy (non-hydrogen) atoms. The Morgan fingerprint density at radius 3 is 2.69 bits per heavy atom. The monoisotopic (exact) mass is 500 g/mol. The van der Waals surface area contributed by atoms with E-state index in [1.165, 1.54) is 11.3 Å². The van der Waals surface area contributed by atoms with E-state index >= 15 is 0 Å². The van der Waals surface area contributed by atoms with Crippen molar-refractivity contribution in [2.75, 3.05) is 0 Å². The highest BCUT2D eigenvalue weighted by Gasteiger charge is 2.14. The normalized spacial score (nSPS) is 11.6.